The second kappa shape index (κ2) is 7.82. The molecule has 1 spiro atoms. The van der Waals surface area contributed by atoms with Crippen LogP contribution < -0.4 is 4.90 Å². The molecule has 2 aromatic rings. The largest absolute Gasteiger partial charge is 0.462 e. The molecule has 1 amide bonds. The highest BCUT2D eigenvalue weighted by Crippen LogP contribution is 2.46. The molecule has 8 heteroatoms. The van der Waals surface area contributed by atoms with E-state index in [-0.39, 0.29) is 25.6 Å². The van der Waals surface area contributed by atoms with Crippen LogP contribution >= 0.6 is 0 Å². The SMILES string of the molecule is N#Cc1cccc(N2CCC[C@]3(CN(Cc4ccc(CO)o4)CC(F)(F)C3)C2=O)c1. The number of amides is 1. The van der Waals surface area contributed by atoms with Gasteiger partial charge >= 0.3 is 0 Å². The number of nitrogens with zero attached hydrogens (tertiary/aromatic N) is 3. The number of anilines is 1. The fourth-order valence-corrected chi connectivity index (χ4v) is 4.71. The van der Waals surface area contributed by atoms with Crippen LogP contribution in [0.4, 0.5) is 14.5 Å². The molecule has 0 aliphatic carbocycles. The van der Waals surface area contributed by atoms with E-state index in [2.05, 4.69) is 6.07 Å². The number of likely N-dealkylation sites (tertiary alicyclic amines) is 1. The van der Waals surface area contributed by atoms with E-state index in [0.29, 0.717) is 42.2 Å². The van der Waals surface area contributed by atoms with Gasteiger partial charge in [-0.15, -0.1) is 0 Å². The van der Waals surface area contributed by atoms with Crippen molar-refractivity contribution in [2.45, 2.75) is 38.3 Å². The summed E-state index contributed by atoms with van der Waals surface area (Å²) in [6.07, 6.45) is 0.526. The number of furan rings is 1. The van der Waals surface area contributed by atoms with E-state index < -0.39 is 24.3 Å². The van der Waals surface area contributed by atoms with Gasteiger partial charge in [0, 0.05) is 25.2 Å². The van der Waals surface area contributed by atoms with Crippen LogP contribution in [0.5, 0.6) is 0 Å². The summed E-state index contributed by atoms with van der Waals surface area (Å²) in [5, 5.41) is 18.3. The molecular formula is C22H23F2N3O3. The number of carbonyl (C=O) groups is 1. The van der Waals surface area contributed by atoms with Gasteiger partial charge in [0.15, 0.2) is 0 Å². The minimum Gasteiger partial charge on any atom is -0.462 e. The number of hydrogen-bond donors (Lipinski definition) is 1. The molecule has 1 aromatic carbocycles. The standard InChI is InChI=1S/C22H23F2N3O3/c23-22(24)13-21(14-26(15-22)11-18-5-6-19(12-28)30-18)7-2-8-27(20(21)29)17-4-1-3-16(9-17)10-25/h1,3-6,9,28H,2,7-8,11-15H2/t21-/m0/s1. The molecule has 158 valence electrons. The lowest BCUT2D eigenvalue weighted by atomic mass is 9.71. The van der Waals surface area contributed by atoms with Crippen molar-refractivity contribution >= 4 is 11.6 Å². The van der Waals surface area contributed by atoms with E-state index in [4.69, 9.17) is 14.8 Å². The smallest absolute Gasteiger partial charge is 0.261 e. The van der Waals surface area contributed by atoms with Gasteiger partial charge in [-0.1, -0.05) is 6.07 Å². The first kappa shape index (κ1) is 20.5. The van der Waals surface area contributed by atoms with Gasteiger partial charge in [-0.2, -0.15) is 5.26 Å². The van der Waals surface area contributed by atoms with Crippen LogP contribution in [-0.4, -0.2) is 41.5 Å². The molecule has 30 heavy (non-hydrogen) atoms. The van der Waals surface area contributed by atoms with Gasteiger partial charge in [0.25, 0.3) is 5.92 Å². The maximum Gasteiger partial charge on any atom is 0.261 e. The third-order valence-electron chi connectivity index (χ3n) is 5.85. The molecule has 1 aromatic heterocycles. The molecule has 1 atom stereocenters. The van der Waals surface area contributed by atoms with E-state index >= 15 is 0 Å². The molecule has 3 heterocycles. The van der Waals surface area contributed by atoms with Crippen molar-refractivity contribution in [3.05, 3.63) is 53.5 Å². The lowest BCUT2D eigenvalue weighted by molar-refractivity contribution is -0.155. The number of alkyl halides is 2. The predicted molar refractivity (Wildman–Crippen MR) is 105 cm³/mol. The molecular weight excluding hydrogens is 392 g/mol. The molecule has 1 N–H and O–H groups in total. The van der Waals surface area contributed by atoms with Gasteiger partial charge in [-0.25, -0.2) is 8.78 Å². The van der Waals surface area contributed by atoms with E-state index in [0.717, 1.165) is 0 Å². The van der Waals surface area contributed by atoms with Crippen LogP contribution in [0.15, 0.2) is 40.8 Å². The number of aliphatic hydroxyl groups is 1. The van der Waals surface area contributed by atoms with Gasteiger partial charge in [0.05, 0.1) is 30.1 Å². The molecule has 0 unspecified atom stereocenters. The first-order chi connectivity index (χ1) is 14.3. The Balaban J connectivity index is 1.60. The van der Waals surface area contributed by atoms with E-state index in [9.17, 15) is 13.6 Å². The molecule has 6 nitrogen and oxygen atoms in total. The topological polar surface area (TPSA) is 80.7 Å². The molecule has 2 saturated heterocycles. The number of rotatable bonds is 4. The number of piperidine rings is 2. The van der Waals surface area contributed by atoms with Gasteiger partial charge in [-0.3, -0.25) is 9.69 Å². The Bertz CT molecular complexity index is 984. The number of hydrogen-bond acceptors (Lipinski definition) is 5. The van der Waals surface area contributed by atoms with E-state index in [1.54, 1.807) is 46.2 Å². The molecule has 0 saturated carbocycles. The first-order valence-corrected chi connectivity index (χ1v) is 9.95. The lowest BCUT2D eigenvalue weighted by Gasteiger charge is -2.49. The zero-order chi connectivity index (χ0) is 21.4. The molecule has 4 rings (SSSR count). The highest BCUT2D eigenvalue weighted by Gasteiger charge is 2.55. The Morgan fingerprint density at radius 2 is 2.00 bits per heavy atom. The quantitative estimate of drug-likeness (QED) is 0.829. The summed E-state index contributed by atoms with van der Waals surface area (Å²) in [6, 6.07) is 12.0. The summed E-state index contributed by atoms with van der Waals surface area (Å²) in [5.74, 6) is -2.46. The van der Waals surface area contributed by atoms with E-state index in [1.807, 2.05) is 0 Å². The van der Waals surface area contributed by atoms with Crippen LogP contribution in [0, 0.1) is 16.7 Å². The maximum absolute atomic E-state index is 14.8. The second-order valence-electron chi connectivity index (χ2n) is 8.21. The fraction of sp³-hybridized carbons (Fsp3) is 0.455. The number of nitriles is 1. The highest BCUT2D eigenvalue weighted by molar-refractivity contribution is 5.98. The Morgan fingerprint density at radius 1 is 1.20 bits per heavy atom. The summed E-state index contributed by atoms with van der Waals surface area (Å²) in [4.78, 5) is 16.6. The maximum atomic E-state index is 14.8. The Labute approximate surface area is 173 Å². The number of aliphatic hydroxyl groups excluding tert-OH is 1. The third-order valence-corrected chi connectivity index (χ3v) is 5.85. The van der Waals surface area contributed by atoms with Crippen molar-refractivity contribution in [1.29, 1.82) is 5.26 Å². The molecule has 2 fully saturated rings. The van der Waals surface area contributed by atoms with Crippen LogP contribution in [0.3, 0.4) is 0 Å². The van der Waals surface area contributed by atoms with Crippen molar-refractivity contribution in [3.63, 3.8) is 0 Å². The molecule has 2 aliphatic heterocycles. The first-order valence-electron chi connectivity index (χ1n) is 9.95. The normalized spacial score (nSPS) is 24.2. The van der Waals surface area contributed by atoms with Crippen LogP contribution in [0.1, 0.15) is 36.3 Å². The third kappa shape index (κ3) is 3.95. The molecule has 2 aliphatic rings. The summed E-state index contributed by atoms with van der Waals surface area (Å²) in [5.41, 5.74) is -0.195. The van der Waals surface area contributed by atoms with Crippen molar-refractivity contribution in [3.8, 4) is 6.07 Å². The van der Waals surface area contributed by atoms with Crippen molar-refractivity contribution < 1.29 is 23.1 Å². The van der Waals surface area contributed by atoms with Crippen molar-refractivity contribution in [1.82, 2.24) is 4.90 Å². The van der Waals surface area contributed by atoms with Gasteiger partial charge in [-0.05, 0) is 43.2 Å². The average Bonchev–Trinajstić information content (AvgIpc) is 3.16. The Morgan fingerprint density at radius 3 is 2.73 bits per heavy atom. The van der Waals surface area contributed by atoms with Crippen molar-refractivity contribution in [2.24, 2.45) is 5.41 Å². The summed E-state index contributed by atoms with van der Waals surface area (Å²) < 4.78 is 35.0. The van der Waals surface area contributed by atoms with Gasteiger partial charge in [0.2, 0.25) is 5.91 Å². The van der Waals surface area contributed by atoms with Gasteiger partial charge < -0.3 is 14.4 Å². The average molecular weight is 415 g/mol. The molecule has 0 radical (unpaired) electrons. The number of benzene rings is 1. The Hall–Kier alpha value is -2.76. The van der Waals surface area contributed by atoms with Gasteiger partial charge in [0.1, 0.15) is 18.1 Å². The van der Waals surface area contributed by atoms with Crippen LogP contribution in [-0.2, 0) is 17.9 Å². The second-order valence-corrected chi connectivity index (χ2v) is 8.21. The van der Waals surface area contributed by atoms with Crippen molar-refractivity contribution in [2.75, 3.05) is 24.5 Å². The molecule has 0 bridgehead atoms. The van der Waals surface area contributed by atoms with E-state index in [1.165, 1.54) is 0 Å². The lowest BCUT2D eigenvalue weighted by Crippen LogP contribution is -2.61. The highest BCUT2D eigenvalue weighted by atomic mass is 19.3. The predicted octanol–water partition coefficient (Wildman–Crippen LogP) is 3.30. The fourth-order valence-electron chi connectivity index (χ4n) is 4.71. The number of carbonyl (C=O) groups excluding carboxylic acids is 1. The summed E-state index contributed by atoms with van der Waals surface area (Å²) in [7, 11) is 0. The Kier molecular flexibility index (Phi) is 5.35. The zero-order valence-corrected chi connectivity index (χ0v) is 16.5. The zero-order valence-electron chi connectivity index (χ0n) is 16.5. The number of halogens is 2. The summed E-state index contributed by atoms with van der Waals surface area (Å²) in [6.45, 7) is 0.106. The van der Waals surface area contributed by atoms with Crippen LogP contribution in [0.2, 0.25) is 0 Å². The summed E-state index contributed by atoms with van der Waals surface area (Å²) >= 11 is 0. The minimum atomic E-state index is -3.00. The minimum absolute atomic E-state index is 0.147. The van der Waals surface area contributed by atoms with Crippen LogP contribution in [0.25, 0.3) is 0 Å². The monoisotopic (exact) mass is 415 g/mol.